The number of carbonyl (C=O) groups excluding carboxylic acids is 1. The van der Waals surface area contributed by atoms with Gasteiger partial charge in [-0.05, 0) is 11.4 Å². The molecule has 70 valence electrons. The average Bonchev–Trinajstić information content (AvgIpc) is 2.55. The van der Waals surface area contributed by atoms with Crippen molar-refractivity contribution in [2.24, 2.45) is 0 Å². The van der Waals surface area contributed by atoms with Crippen molar-refractivity contribution in [3.05, 3.63) is 33.5 Å². The summed E-state index contributed by atoms with van der Waals surface area (Å²) < 4.78 is 0. The normalized spacial score (nSPS) is 12.2. The minimum absolute atomic E-state index is 0.140. The molecule has 0 aromatic carbocycles. The summed E-state index contributed by atoms with van der Waals surface area (Å²) in [7, 11) is 0. The molecule has 0 aliphatic heterocycles. The number of alkyl halides is 2. The lowest BCUT2D eigenvalue weighted by atomic mass is 10.3. The number of carbonyl (C=O) groups is 1. The Morgan fingerprint density at radius 1 is 1.54 bits per heavy atom. The van der Waals surface area contributed by atoms with E-state index < -0.39 is 4.84 Å². The Labute approximate surface area is 94.9 Å². The van der Waals surface area contributed by atoms with Gasteiger partial charge in [0.25, 0.3) is 0 Å². The van der Waals surface area contributed by atoms with Crippen molar-refractivity contribution in [1.29, 1.82) is 0 Å². The van der Waals surface area contributed by atoms with Crippen molar-refractivity contribution >= 4 is 51.9 Å². The van der Waals surface area contributed by atoms with E-state index >= 15 is 0 Å². The maximum absolute atomic E-state index is 11.4. The van der Waals surface area contributed by atoms with Crippen LogP contribution in [0.15, 0.2) is 28.6 Å². The molecule has 0 bridgehead atoms. The molecule has 0 aliphatic rings. The Morgan fingerprint density at radius 2 is 2.23 bits per heavy atom. The number of ketones is 1. The maximum atomic E-state index is 11.4. The number of rotatable bonds is 3. The summed E-state index contributed by atoms with van der Waals surface area (Å²) in [5.74, 6) is -0.175. The summed E-state index contributed by atoms with van der Waals surface area (Å²) in [6, 6.07) is 3.50. The molecule has 0 saturated heterocycles. The van der Waals surface area contributed by atoms with E-state index in [1.165, 1.54) is 17.4 Å². The highest BCUT2D eigenvalue weighted by atomic mass is 35.5. The van der Waals surface area contributed by atoms with Crippen LogP contribution >= 0.6 is 46.1 Å². The molecule has 0 fully saturated rings. The van der Waals surface area contributed by atoms with Crippen LogP contribution in [0.2, 0.25) is 0 Å². The second-order valence-corrected chi connectivity index (χ2v) is 4.65. The molecule has 0 aliphatic carbocycles. The summed E-state index contributed by atoms with van der Waals surface area (Å²) in [5.41, 5.74) is 0. The largest absolute Gasteiger partial charge is 0.288 e. The molecule has 0 radical (unpaired) electrons. The fourth-order valence-corrected chi connectivity index (χ4v) is 1.54. The van der Waals surface area contributed by atoms with E-state index in [2.05, 4.69) is 0 Å². The van der Waals surface area contributed by atoms with Crippen LogP contribution in [0.1, 0.15) is 9.67 Å². The van der Waals surface area contributed by atoms with Crippen LogP contribution in [-0.4, -0.2) is 10.6 Å². The lowest BCUT2D eigenvalue weighted by Gasteiger charge is -1.96. The van der Waals surface area contributed by atoms with Crippen LogP contribution in [0.25, 0.3) is 0 Å². The van der Waals surface area contributed by atoms with E-state index in [-0.39, 0.29) is 10.8 Å². The summed E-state index contributed by atoms with van der Waals surface area (Å²) in [6.07, 6.45) is 1.23. The number of thiophene rings is 1. The number of allylic oxidation sites excluding steroid dienone is 2. The van der Waals surface area contributed by atoms with Crippen LogP contribution in [0.5, 0.6) is 0 Å². The van der Waals surface area contributed by atoms with Crippen molar-refractivity contribution in [2.75, 3.05) is 0 Å². The molecule has 0 spiro atoms. The first-order valence-corrected chi connectivity index (χ1v) is 5.47. The Bertz CT molecular complexity index is 316. The Kier molecular flexibility index (Phi) is 4.26. The van der Waals surface area contributed by atoms with Crippen molar-refractivity contribution in [3.63, 3.8) is 0 Å². The zero-order chi connectivity index (χ0) is 9.84. The summed E-state index contributed by atoms with van der Waals surface area (Å²) >= 11 is 17.9. The molecule has 0 unspecified atom stereocenters. The quantitative estimate of drug-likeness (QED) is 0.455. The van der Waals surface area contributed by atoms with E-state index in [1.54, 1.807) is 12.1 Å². The molecule has 0 amide bonds. The second-order valence-electron chi connectivity index (χ2n) is 2.17. The molecule has 0 atom stereocenters. The van der Waals surface area contributed by atoms with Crippen molar-refractivity contribution in [3.8, 4) is 0 Å². The third-order valence-corrected chi connectivity index (χ3v) is 3.15. The van der Waals surface area contributed by atoms with Crippen molar-refractivity contribution in [2.45, 2.75) is 4.84 Å². The van der Waals surface area contributed by atoms with E-state index in [4.69, 9.17) is 34.8 Å². The van der Waals surface area contributed by atoms with Crippen LogP contribution in [0.3, 0.4) is 0 Å². The molecule has 5 heteroatoms. The van der Waals surface area contributed by atoms with E-state index in [0.717, 1.165) is 0 Å². The molecule has 0 N–H and O–H groups in total. The fraction of sp³-hybridized carbons (Fsp3) is 0.125. The average molecular weight is 256 g/mol. The molecular weight excluding hydrogens is 251 g/mol. The SMILES string of the molecule is O=C(C=C(Cl)C(Cl)Cl)c1cccs1. The van der Waals surface area contributed by atoms with Gasteiger partial charge in [0.05, 0.1) is 9.91 Å². The smallest absolute Gasteiger partial charge is 0.197 e. The lowest BCUT2D eigenvalue weighted by Crippen LogP contribution is -1.94. The highest BCUT2D eigenvalue weighted by Gasteiger charge is 2.08. The number of halogens is 3. The van der Waals surface area contributed by atoms with Gasteiger partial charge in [-0.15, -0.1) is 11.3 Å². The van der Waals surface area contributed by atoms with Crippen molar-refractivity contribution in [1.82, 2.24) is 0 Å². The standard InChI is InChI=1S/C8H5Cl3OS/c9-5(8(10)11)4-6(12)7-2-1-3-13-7/h1-4,8H. The van der Waals surface area contributed by atoms with E-state index in [0.29, 0.717) is 4.88 Å². The summed E-state index contributed by atoms with van der Waals surface area (Å²) in [5, 5.41) is 1.95. The topological polar surface area (TPSA) is 17.1 Å². The highest BCUT2D eigenvalue weighted by Crippen LogP contribution is 2.20. The van der Waals surface area contributed by atoms with Gasteiger partial charge in [-0.1, -0.05) is 40.9 Å². The fourth-order valence-electron chi connectivity index (χ4n) is 0.678. The first-order chi connectivity index (χ1) is 6.11. The third kappa shape index (κ3) is 3.31. The Morgan fingerprint density at radius 3 is 2.69 bits per heavy atom. The van der Waals surface area contributed by atoms with Gasteiger partial charge < -0.3 is 0 Å². The molecular formula is C8H5Cl3OS. The van der Waals surface area contributed by atoms with Gasteiger partial charge in [0.15, 0.2) is 5.78 Å². The van der Waals surface area contributed by atoms with Gasteiger partial charge in [-0.3, -0.25) is 4.79 Å². The van der Waals surface area contributed by atoms with Gasteiger partial charge in [0.1, 0.15) is 4.84 Å². The van der Waals surface area contributed by atoms with E-state index in [1.807, 2.05) is 5.38 Å². The second kappa shape index (κ2) is 5.01. The molecule has 1 heterocycles. The minimum Gasteiger partial charge on any atom is -0.288 e. The molecule has 1 aromatic heterocycles. The van der Waals surface area contributed by atoms with Crippen LogP contribution < -0.4 is 0 Å². The van der Waals surface area contributed by atoms with Crippen LogP contribution in [-0.2, 0) is 0 Å². The first-order valence-electron chi connectivity index (χ1n) is 3.34. The first kappa shape index (κ1) is 11.1. The summed E-state index contributed by atoms with van der Waals surface area (Å²) in [4.78, 5) is 11.1. The molecule has 13 heavy (non-hydrogen) atoms. The predicted molar refractivity (Wildman–Crippen MR) is 58.1 cm³/mol. The summed E-state index contributed by atoms with van der Waals surface area (Å²) in [6.45, 7) is 0. The van der Waals surface area contributed by atoms with Gasteiger partial charge >= 0.3 is 0 Å². The monoisotopic (exact) mass is 254 g/mol. The van der Waals surface area contributed by atoms with Gasteiger partial charge in [0.2, 0.25) is 0 Å². The predicted octanol–water partition coefficient (Wildman–Crippen LogP) is 3.86. The zero-order valence-electron chi connectivity index (χ0n) is 6.34. The van der Waals surface area contributed by atoms with Crippen LogP contribution in [0, 0.1) is 0 Å². The molecule has 1 aromatic rings. The Hall–Kier alpha value is -0.0200. The number of hydrogen-bond acceptors (Lipinski definition) is 2. The minimum atomic E-state index is -0.842. The van der Waals surface area contributed by atoms with Crippen LogP contribution in [0.4, 0.5) is 0 Å². The third-order valence-electron chi connectivity index (χ3n) is 1.24. The molecule has 1 rings (SSSR count). The lowest BCUT2D eigenvalue weighted by molar-refractivity contribution is 0.105. The molecule has 0 saturated carbocycles. The van der Waals surface area contributed by atoms with Gasteiger partial charge in [-0.25, -0.2) is 0 Å². The maximum Gasteiger partial charge on any atom is 0.197 e. The molecule has 1 nitrogen and oxygen atoms in total. The van der Waals surface area contributed by atoms with Gasteiger partial charge in [0, 0.05) is 6.08 Å². The van der Waals surface area contributed by atoms with Crippen molar-refractivity contribution < 1.29 is 4.79 Å². The number of hydrogen-bond donors (Lipinski definition) is 0. The zero-order valence-corrected chi connectivity index (χ0v) is 9.42. The Balaban J connectivity index is 2.76. The highest BCUT2D eigenvalue weighted by molar-refractivity contribution is 7.12. The van der Waals surface area contributed by atoms with Gasteiger partial charge in [-0.2, -0.15) is 0 Å². The van der Waals surface area contributed by atoms with E-state index in [9.17, 15) is 4.79 Å².